The number of nitrogens with one attached hydrogen (secondary N) is 2. The van der Waals surface area contributed by atoms with Crippen LogP contribution >= 0.6 is 11.6 Å². The number of ether oxygens (including phenoxy) is 1. The molecule has 2 N–H and O–H groups in total. The summed E-state index contributed by atoms with van der Waals surface area (Å²) in [6, 6.07) is 6.02. The molecule has 1 unspecified atom stereocenters. The van der Waals surface area contributed by atoms with E-state index < -0.39 is 0 Å². The lowest BCUT2D eigenvalue weighted by atomic mass is 9.69. The quantitative estimate of drug-likeness (QED) is 0.637. The molecule has 1 fully saturated rings. The number of aromatic nitrogens is 1. The summed E-state index contributed by atoms with van der Waals surface area (Å²) in [6.45, 7) is 10.3. The lowest BCUT2D eigenvalue weighted by molar-refractivity contribution is 0.0612. The molecule has 154 valence electrons. The number of H-pyrrole nitrogens is 1. The molecule has 1 heterocycles. The van der Waals surface area contributed by atoms with Crippen molar-refractivity contribution in [3.63, 3.8) is 0 Å². The molecule has 1 aromatic heterocycles. The third-order valence-electron chi connectivity index (χ3n) is 6.22. The SMILES string of the molecule is CCC(NCC(C)C)C1(C)CCC(Oc2cc3cc[nH]c(=O)c3cc2Cl)CC1. The van der Waals surface area contributed by atoms with E-state index in [1.807, 2.05) is 12.1 Å². The molecule has 1 aliphatic rings. The standard InChI is InChI=1S/C23H33ClN2O2/c1-5-21(26-14-15(2)3)23(4)9-6-17(7-10-23)28-20-12-16-8-11-25-22(27)18(16)13-19(20)24/h8,11-13,15,17,21,26H,5-7,9-10,14H2,1-4H3,(H,25,27). The van der Waals surface area contributed by atoms with Gasteiger partial charge in [0, 0.05) is 17.6 Å². The Morgan fingerprint density at radius 3 is 2.68 bits per heavy atom. The van der Waals surface area contributed by atoms with Crippen molar-refractivity contribution in [1.82, 2.24) is 10.3 Å². The Hall–Kier alpha value is -1.52. The van der Waals surface area contributed by atoms with Gasteiger partial charge in [0.05, 0.1) is 11.1 Å². The Morgan fingerprint density at radius 2 is 2.04 bits per heavy atom. The van der Waals surface area contributed by atoms with Crippen molar-refractivity contribution in [3.8, 4) is 5.75 Å². The minimum Gasteiger partial charge on any atom is -0.489 e. The third-order valence-corrected chi connectivity index (χ3v) is 6.51. The van der Waals surface area contributed by atoms with Gasteiger partial charge in [-0.1, -0.05) is 39.3 Å². The van der Waals surface area contributed by atoms with Gasteiger partial charge in [0.15, 0.2) is 0 Å². The van der Waals surface area contributed by atoms with E-state index in [0.29, 0.717) is 33.5 Å². The second-order valence-electron chi connectivity index (χ2n) is 8.91. The number of pyridine rings is 1. The first-order chi connectivity index (χ1) is 13.3. The molecule has 0 radical (unpaired) electrons. The highest BCUT2D eigenvalue weighted by Gasteiger charge is 2.37. The average Bonchev–Trinajstić information content (AvgIpc) is 2.65. The van der Waals surface area contributed by atoms with Gasteiger partial charge in [-0.2, -0.15) is 0 Å². The van der Waals surface area contributed by atoms with Crippen LogP contribution in [0.2, 0.25) is 5.02 Å². The zero-order valence-corrected chi connectivity index (χ0v) is 18.2. The van der Waals surface area contributed by atoms with Crippen molar-refractivity contribution in [1.29, 1.82) is 0 Å². The normalized spacial score (nSPS) is 23.9. The summed E-state index contributed by atoms with van der Waals surface area (Å²) in [5.41, 5.74) is 0.183. The van der Waals surface area contributed by atoms with Crippen LogP contribution in [0.25, 0.3) is 10.8 Å². The van der Waals surface area contributed by atoms with E-state index in [1.165, 1.54) is 0 Å². The molecule has 1 aromatic carbocycles. The molecule has 3 rings (SSSR count). The number of aromatic amines is 1. The fraction of sp³-hybridized carbons (Fsp3) is 0.609. The number of benzene rings is 1. The van der Waals surface area contributed by atoms with Gasteiger partial charge in [0.1, 0.15) is 5.75 Å². The molecule has 1 atom stereocenters. The van der Waals surface area contributed by atoms with Gasteiger partial charge in [-0.25, -0.2) is 0 Å². The van der Waals surface area contributed by atoms with Gasteiger partial charge in [-0.05, 0) is 73.6 Å². The van der Waals surface area contributed by atoms with Crippen LogP contribution in [0.1, 0.15) is 59.8 Å². The van der Waals surface area contributed by atoms with Crippen molar-refractivity contribution in [2.75, 3.05) is 6.54 Å². The second-order valence-corrected chi connectivity index (χ2v) is 9.32. The fourth-order valence-corrected chi connectivity index (χ4v) is 4.65. The first kappa shape index (κ1) is 21.2. The van der Waals surface area contributed by atoms with Crippen LogP contribution < -0.4 is 15.6 Å². The van der Waals surface area contributed by atoms with E-state index in [0.717, 1.165) is 44.0 Å². The van der Waals surface area contributed by atoms with Crippen molar-refractivity contribution in [3.05, 3.63) is 39.8 Å². The summed E-state index contributed by atoms with van der Waals surface area (Å²) < 4.78 is 6.27. The van der Waals surface area contributed by atoms with E-state index in [1.54, 1.807) is 12.3 Å². The minimum atomic E-state index is -0.126. The summed E-state index contributed by atoms with van der Waals surface area (Å²) in [5.74, 6) is 1.35. The minimum absolute atomic E-state index is 0.126. The van der Waals surface area contributed by atoms with E-state index in [2.05, 4.69) is 38.0 Å². The second kappa shape index (κ2) is 8.87. The molecule has 4 nitrogen and oxygen atoms in total. The lowest BCUT2D eigenvalue weighted by Crippen LogP contribution is -2.47. The number of hydrogen-bond acceptors (Lipinski definition) is 3. The smallest absolute Gasteiger partial charge is 0.255 e. The van der Waals surface area contributed by atoms with Crippen LogP contribution in [0.3, 0.4) is 0 Å². The summed E-state index contributed by atoms with van der Waals surface area (Å²) in [6.07, 6.45) is 7.33. The summed E-state index contributed by atoms with van der Waals surface area (Å²) >= 11 is 6.41. The maximum absolute atomic E-state index is 11.9. The molecule has 0 amide bonds. The molecule has 5 heteroatoms. The van der Waals surface area contributed by atoms with Crippen LogP contribution in [0.15, 0.2) is 29.2 Å². The molecule has 0 bridgehead atoms. The van der Waals surface area contributed by atoms with Gasteiger partial charge < -0.3 is 15.0 Å². The molecule has 1 aliphatic carbocycles. The fourth-order valence-electron chi connectivity index (χ4n) is 4.44. The van der Waals surface area contributed by atoms with Crippen LogP contribution in [-0.2, 0) is 0 Å². The van der Waals surface area contributed by atoms with E-state index in [9.17, 15) is 4.79 Å². The Kier molecular flexibility index (Phi) is 6.72. The zero-order chi connectivity index (χ0) is 20.3. The molecule has 2 aromatic rings. The molecular weight excluding hydrogens is 372 g/mol. The van der Waals surface area contributed by atoms with Gasteiger partial charge in [0.2, 0.25) is 0 Å². The molecule has 0 aliphatic heterocycles. The Morgan fingerprint density at radius 1 is 1.32 bits per heavy atom. The summed E-state index contributed by atoms with van der Waals surface area (Å²) in [5, 5.41) is 5.74. The molecular formula is C23H33ClN2O2. The number of fused-ring (bicyclic) bond motifs is 1. The molecule has 1 saturated carbocycles. The van der Waals surface area contributed by atoms with Crippen LogP contribution in [0.4, 0.5) is 0 Å². The lowest BCUT2D eigenvalue weighted by Gasteiger charge is -2.43. The predicted molar refractivity (Wildman–Crippen MR) is 117 cm³/mol. The first-order valence-electron chi connectivity index (χ1n) is 10.5. The van der Waals surface area contributed by atoms with Crippen molar-refractivity contribution in [2.45, 2.75) is 71.9 Å². The number of rotatable bonds is 7. The highest BCUT2D eigenvalue weighted by Crippen LogP contribution is 2.42. The Labute approximate surface area is 173 Å². The van der Waals surface area contributed by atoms with Crippen molar-refractivity contribution in [2.24, 2.45) is 11.3 Å². The van der Waals surface area contributed by atoms with Crippen molar-refractivity contribution >= 4 is 22.4 Å². The summed E-state index contributed by atoms with van der Waals surface area (Å²) in [7, 11) is 0. The monoisotopic (exact) mass is 404 g/mol. The van der Waals surface area contributed by atoms with Crippen LogP contribution in [0, 0.1) is 11.3 Å². The van der Waals surface area contributed by atoms with Gasteiger partial charge in [-0.15, -0.1) is 0 Å². The largest absolute Gasteiger partial charge is 0.489 e. The van der Waals surface area contributed by atoms with Gasteiger partial charge in [0.25, 0.3) is 5.56 Å². The molecule has 0 spiro atoms. The van der Waals surface area contributed by atoms with E-state index in [-0.39, 0.29) is 11.7 Å². The first-order valence-corrected chi connectivity index (χ1v) is 10.9. The summed E-state index contributed by atoms with van der Waals surface area (Å²) in [4.78, 5) is 14.6. The zero-order valence-electron chi connectivity index (χ0n) is 17.5. The van der Waals surface area contributed by atoms with E-state index in [4.69, 9.17) is 16.3 Å². The third kappa shape index (κ3) is 4.72. The van der Waals surface area contributed by atoms with Crippen LogP contribution in [-0.4, -0.2) is 23.7 Å². The van der Waals surface area contributed by atoms with Gasteiger partial charge >= 0.3 is 0 Å². The average molecular weight is 405 g/mol. The van der Waals surface area contributed by atoms with E-state index >= 15 is 0 Å². The maximum atomic E-state index is 11.9. The molecule has 28 heavy (non-hydrogen) atoms. The highest BCUT2D eigenvalue weighted by molar-refractivity contribution is 6.32. The number of halogens is 1. The van der Waals surface area contributed by atoms with Gasteiger partial charge in [-0.3, -0.25) is 4.79 Å². The maximum Gasteiger partial charge on any atom is 0.255 e. The van der Waals surface area contributed by atoms with Crippen LogP contribution in [0.5, 0.6) is 5.75 Å². The van der Waals surface area contributed by atoms with Crippen molar-refractivity contribution < 1.29 is 4.74 Å². The number of hydrogen-bond donors (Lipinski definition) is 2. The Bertz CT molecular complexity index is 853. The topological polar surface area (TPSA) is 54.1 Å². The highest BCUT2D eigenvalue weighted by atomic mass is 35.5. The molecule has 0 saturated heterocycles. The predicted octanol–water partition coefficient (Wildman–Crippen LogP) is 5.53. The Balaban J connectivity index is 1.66.